The Morgan fingerprint density at radius 1 is 1.00 bits per heavy atom. The molecule has 2 N–H and O–H groups in total. The van der Waals surface area contributed by atoms with Crippen molar-refractivity contribution in [2.75, 3.05) is 11.9 Å². The summed E-state index contributed by atoms with van der Waals surface area (Å²) in [5.74, 6) is -0.0293. The molecule has 1 heterocycles. The molecule has 3 rings (SSSR count). The van der Waals surface area contributed by atoms with Crippen LogP contribution >= 0.6 is 11.3 Å². The molecule has 0 aliphatic heterocycles. The molecule has 0 saturated carbocycles. The van der Waals surface area contributed by atoms with Gasteiger partial charge in [-0.15, -0.1) is 11.3 Å². The van der Waals surface area contributed by atoms with E-state index in [-0.39, 0.29) is 18.5 Å². The quantitative estimate of drug-likeness (QED) is 0.652. The number of aryl methyl sites for hydroxylation is 1. The fraction of sp³-hybridized carbons (Fsp3) is 0.190. The Bertz CT molecular complexity index is 800. The molecule has 1 aromatic heterocycles. The van der Waals surface area contributed by atoms with E-state index in [9.17, 15) is 4.79 Å². The van der Waals surface area contributed by atoms with Crippen molar-refractivity contribution in [3.63, 3.8) is 0 Å². The lowest BCUT2D eigenvalue weighted by Crippen LogP contribution is -2.31. The van der Waals surface area contributed by atoms with E-state index in [4.69, 9.17) is 0 Å². The number of carbonyl (C=O) groups is 1. The summed E-state index contributed by atoms with van der Waals surface area (Å²) in [5.41, 5.74) is 3.20. The molecule has 2 aromatic carbocycles. The molecule has 1 amide bonds. The van der Waals surface area contributed by atoms with Gasteiger partial charge in [-0.25, -0.2) is 0 Å². The lowest BCUT2D eigenvalue weighted by molar-refractivity contribution is -0.115. The number of amides is 1. The minimum absolute atomic E-state index is 0.0216. The summed E-state index contributed by atoms with van der Waals surface area (Å²) in [5, 5.41) is 8.47. The highest BCUT2D eigenvalue weighted by Gasteiger charge is 2.16. The van der Waals surface area contributed by atoms with E-state index < -0.39 is 0 Å². The molecule has 0 fully saturated rings. The highest BCUT2D eigenvalue weighted by Crippen LogP contribution is 2.25. The van der Waals surface area contributed by atoms with Crippen LogP contribution in [0.15, 0.2) is 72.1 Å². The summed E-state index contributed by atoms with van der Waals surface area (Å²) < 4.78 is 0. The Hall–Kier alpha value is -2.43. The first-order valence-electron chi connectivity index (χ1n) is 8.47. The fourth-order valence-corrected chi connectivity index (χ4v) is 3.65. The van der Waals surface area contributed by atoms with Gasteiger partial charge < -0.3 is 5.32 Å². The normalized spacial score (nSPS) is 11.9. The largest absolute Gasteiger partial charge is 0.325 e. The van der Waals surface area contributed by atoms with Crippen molar-refractivity contribution in [3.05, 3.63) is 88.1 Å². The summed E-state index contributed by atoms with van der Waals surface area (Å²) in [6.07, 6.45) is 0.895. The maximum atomic E-state index is 12.4. The van der Waals surface area contributed by atoms with Gasteiger partial charge in [-0.3, -0.25) is 10.1 Å². The topological polar surface area (TPSA) is 41.1 Å². The third-order valence-corrected chi connectivity index (χ3v) is 5.04. The molecular weight excluding hydrogens is 328 g/mol. The summed E-state index contributed by atoms with van der Waals surface area (Å²) in [6.45, 7) is 2.35. The molecule has 0 aliphatic rings. The van der Waals surface area contributed by atoms with Gasteiger partial charge in [-0.05, 0) is 35.1 Å². The van der Waals surface area contributed by atoms with Crippen LogP contribution in [0.5, 0.6) is 0 Å². The predicted molar refractivity (Wildman–Crippen MR) is 105 cm³/mol. The molecule has 0 aliphatic carbocycles. The van der Waals surface area contributed by atoms with E-state index in [1.165, 1.54) is 4.88 Å². The summed E-state index contributed by atoms with van der Waals surface area (Å²) in [7, 11) is 0. The van der Waals surface area contributed by atoms with E-state index >= 15 is 0 Å². The van der Waals surface area contributed by atoms with Crippen molar-refractivity contribution in [1.82, 2.24) is 5.32 Å². The number of benzene rings is 2. The van der Waals surface area contributed by atoms with Crippen molar-refractivity contribution in [3.8, 4) is 0 Å². The SMILES string of the molecule is CCc1ccccc1NC(=O)CN[C@@H](c1ccccc1)c1cccs1. The van der Waals surface area contributed by atoms with Crippen LogP contribution in [0.1, 0.15) is 29.0 Å². The van der Waals surface area contributed by atoms with Crippen LogP contribution in [-0.2, 0) is 11.2 Å². The van der Waals surface area contributed by atoms with E-state index in [0.717, 1.165) is 23.2 Å². The molecule has 0 radical (unpaired) electrons. The van der Waals surface area contributed by atoms with Crippen molar-refractivity contribution < 1.29 is 4.79 Å². The highest BCUT2D eigenvalue weighted by atomic mass is 32.1. The minimum Gasteiger partial charge on any atom is -0.325 e. The third-order valence-electron chi connectivity index (χ3n) is 4.10. The van der Waals surface area contributed by atoms with Gasteiger partial charge in [0.2, 0.25) is 5.91 Å². The Kier molecular flexibility index (Phi) is 5.99. The molecule has 3 aromatic rings. The number of thiophene rings is 1. The molecule has 25 heavy (non-hydrogen) atoms. The smallest absolute Gasteiger partial charge is 0.238 e. The number of carbonyl (C=O) groups excluding carboxylic acids is 1. The summed E-state index contributed by atoms with van der Waals surface area (Å²) in [4.78, 5) is 13.6. The first-order chi connectivity index (χ1) is 12.3. The zero-order valence-electron chi connectivity index (χ0n) is 14.2. The fourth-order valence-electron chi connectivity index (χ4n) is 2.82. The summed E-state index contributed by atoms with van der Waals surface area (Å²) in [6, 6.07) is 22.3. The van der Waals surface area contributed by atoms with Crippen LogP contribution in [-0.4, -0.2) is 12.5 Å². The molecule has 3 nitrogen and oxygen atoms in total. The highest BCUT2D eigenvalue weighted by molar-refractivity contribution is 7.10. The number of hydrogen-bond donors (Lipinski definition) is 2. The van der Waals surface area contributed by atoms with Crippen LogP contribution in [0.25, 0.3) is 0 Å². The Morgan fingerprint density at radius 3 is 2.48 bits per heavy atom. The van der Waals surface area contributed by atoms with E-state index in [0.29, 0.717) is 0 Å². The van der Waals surface area contributed by atoms with Gasteiger partial charge in [-0.1, -0.05) is 61.5 Å². The second kappa shape index (κ2) is 8.60. The summed E-state index contributed by atoms with van der Waals surface area (Å²) >= 11 is 1.69. The minimum atomic E-state index is -0.0293. The maximum absolute atomic E-state index is 12.4. The Labute approximate surface area is 152 Å². The lowest BCUT2D eigenvalue weighted by atomic mass is 10.1. The predicted octanol–water partition coefficient (Wildman–Crippen LogP) is 4.63. The number of anilines is 1. The van der Waals surface area contributed by atoms with Crippen LogP contribution in [0.4, 0.5) is 5.69 Å². The molecule has 0 bridgehead atoms. The standard InChI is InChI=1S/C21H22N2OS/c1-2-16-9-6-7-12-18(16)23-20(24)15-22-21(19-13-8-14-25-19)17-10-4-3-5-11-17/h3-14,21-22H,2,15H2,1H3,(H,23,24)/t21-/m0/s1. The van der Waals surface area contributed by atoms with Crippen molar-refractivity contribution in [2.45, 2.75) is 19.4 Å². The lowest BCUT2D eigenvalue weighted by Gasteiger charge is -2.18. The molecule has 0 saturated heterocycles. The van der Waals surface area contributed by atoms with E-state index in [1.54, 1.807) is 11.3 Å². The monoisotopic (exact) mass is 350 g/mol. The van der Waals surface area contributed by atoms with Crippen molar-refractivity contribution in [2.24, 2.45) is 0 Å². The number of rotatable bonds is 7. The van der Waals surface area contributed by atoms with Gasteiger partial charge in [0.15, 0.2) is 0 Å². The van der Waals surface area contributed by atoms with Gasteiger partial charge in [0.1, 0.15) is 0 Å². The third kappa shape index (κ3) is 4.56. The van der Waals surface area contributed by atoms with Crippen molar-refractivity contribution in [1.29, 1.82) is 0 Å². The van der Waals surface area contributed by atoms with E-state index in [1.807, 2.05) is 48.5 Å². The Morgan fingerprint density at radius 2 is 1.76 bits per heavy atom. The number of nitrogens with one attached hydrogen (secondary N) is 2. The average Bonchev–Trinajstić information content (AvgIpc) is 3.18. The van der Waals surface area contributed by atoms with Gasteiger partial charge in [-0.2, -0.15) is 0 Å². The first kappa shape index (κ1) is 17.4. The molecule has 1 atom stereocenters. The number of hydrogen-bond acceptors (Lipinski definition) is 3. The zero-order chi connectivity index (χ0) is 17.5. The number of para-hydroxylation sites is 1. The first-order valence-corrected chi connectivity index (χ1v) is 9.35. The molecular formula is C21H22N2OS. The average molecular weight is 350 g/mol. The van der Waals surface area contributed by atoms with Gasteiger partial charge in [0.25, 0.3) is 0 Å². The second-order valence-electron chi connectivity index (χ2n) is 5.80. The molecule has 0 spiro atoms. The maximum Gasteiger partial charge on any atom is 0.238 e. The van der Waals surface area contributed by atoms with Crippen LogP contribution in [0, 0.1) is 0 Å². The molecule has 4 heteroatoms. The zero-order valence-corrected chi connectivity index (χ0v) is 15.1. The van der Waals surface area contributed by atoms with Crippen LogP contribution in [0.2, 0.25) is 0 Å². The van der Waals surface area contributed by atoms with Gasteiger partial charge >= 0.3 is 0 Å². The van der Waals surface area contributed by atoms with Crippen LogP contribution in [0.3, 0.4) is 0 Å². The van der Waals surface area contributed by atoms with E-state index in [2.05, 4.69) is 41.1 Å². The molecule has 0 unspecified atom stereocenters. The van der Waals surface area contributed by atoms with Crippen LogP contribution < -0.4 is 10.6 Å². The van der Waals surface area contributed by atoms with Crippen molar-refractivity contribution >= 4 is 22.9 Å². The molecule has 128 valence electrons. The Balaban J connectivity index is 1.68. The second-order valence-corrected chi connectivity index (χ2v) is 6.78. The van der Waals surface area contributed by atoms with Gasteiger partial charge in [0, 0.05) is 10.6 Å². The van der Waals surface area contributed by atoms with Gasteiger partial charge in [0.05, 0.1) is 12.6 Å².